The number of nitrogens with one attached hydrogen (secondary N) is 1. The summed E-state index contributed by atoms with van der Waals surface area (Å²) in [4.78, 5) is 11.5. The number of hydrogen-bond donors (Lipinski definition) is 2. The molecular formula is C12H19ClN2O2. The highest BCUT2D eigenvalue weighted by atomic mass is 35.5. The van der Waals surface area contributed by atoms with Gasteiger partial charge in [0.15, 0.2) is 6.10 Å². The van der Waals surface area contributed by atoms with Crippen molar-refractivity contribution >= 4 is 18.3 Å². The Labute approximate surface area is 108 Å². The van der Waals surface area contributed by atoms with Crippen molar-refractivity contribution in [1.82, 2.24) is 5.32 Å². The summed E-state index contributed by atoms with van der Waals surface area (Å²) in [5.41, 5.74) is 6.45. The van der Waals surface area contributed by atoms with Crippen molar-refractivity contribution in [1.29, 1.82) is 0 Å². The van der Waals surface area contributed by atoms with E-state index in [4.69, 9.17) is 10.5 Å². The number of ether oxygens (including phenoxy) is 1. The first-order valence-electron chi connectivity index (χ1n) is 5.34. The summed E-state index contributed by atoms with van der Waals surface area (Å²) >= 11 is 0. The molecule has 17 heavy (non-hydrogen) atoms. The molecule has 0 heterocycles. The van der Waals surface area contributed by atoms with Crippen LogP contribution < -0.4 is 15.8 Å². The third kappa shape index (κ3) is 5.56. The van der Waals surface area contributed by atoms with Crippen LogP contribution in [0.25, 0.3) is 0 Å². The lowest BCUT2D eigenvalue weighted by molar-refractivity contribution is -0.127. The fourth-order valence-corrected chi connectivity index (χ4v) is 1.21. The van der Waals surface area contributed by atoms with Gasteiger partial charge >= 0.3 is 0 Å². The van der Waals surface area contributed by atoms with Crippen molar-refractivity contribution in [2.45, 2.75) is 20.0 Å². The molecule has 3 N–H and O–H groups in total. The van der Waals surface area contributed by atoms with Crippen LogP contribution in [0.5, 0.6) is 5.75 Å². The minimum atomic E-state index is -0.505. The van der Waals surface area contributed by atoms with Crippen LogP contribution in [-0.2, 0) is 4.79 Å². The quantitative estimate of drug-likeness (QED) is 0.836. The smallest absolute Gasteiger partial charge is 0.260 e. The van der Waals surface area contributed by atoms with Gasteiger partial charge in [-0.15, -0.1) is 12.4 Å². The van der Waals surface area contributed by atoms with E-state index in [1.165, 1.54) is 0 Å². The van der Waals surface area contributed by atoms with E-state index < -0.39 is 6.10 Å². The maximum atomic E-state index is 11.5. The molecule has 1 aromatic carbocycles. The minimum absolute atomic E-state index is 0. The molecule has 0 fully saturated rings. The van der Waals surface area contributed by atoms with E-state index in [2.05, 4.69) is 5.32 Å². The molecule has 0 spiro atoms. The zero-order chi connectivity index (χ0) is 12.0. The van der Waals surface area contributed by atoms with Crippen LogP contribution in [0, 0.1) is 6.92 Å². The number of carbonyl (C=O) groups excluding carboxylic acids is 1. The lowest BCUT2D eigenvalue weighted by atomic mass is 10.2. The molecule has 0 bridgehead atoms. The predicted octanol–water partition coefficient (Wildman–Crippen LogP) is 1.26. The predicted molar refractivity (Wildman–Crippen MR) is 70.6 cm³/mol. The molecule has 1 amide bonds. The van der Waals surface area contributed by atoms with Crippen molar-refractivity contribution < 1.29 is 9.53 Å². The Morgan fingerprint density at radius 1 is 1.41 bits per heavy atom. The molecule has 0 aliphatic heterocycles. The Balaban J connectivity index is 0.00000256. The lowest BCUT2D eigenvalue weighted by Gasteiger charge is -2.14. The maximum absolute atomic E-state index is 11.5. The summed E-state index contributed by atoms with van der Waals surface area (Å²) in [6.45, 7) is 4.62. The van der Waals surface area contributed by atoms with Gasteiger partial charge in [0.05, 0.1) is 0 Å². The first kappa shape index (κ1) is 15.7. The number of carbonyl (C=O) groups is 1. The number of halogens is 1. The Hall–Kier alpha value is -1.26. The molecular weight excluding hydrogens is 240 g/mol. The van der Waals surface area contributed by atoms with Crippen molar-refractivity contribution in [3.63, 3.8) is 0 Å². The van der Waals surface area contributed by atoms with E-state index in [9.17, 15) is 4.79 Å². The standard InChI is InChI=1S/C12H18N2O2.ClH/c1-9-3-5-11(6-4-9)16-10(2)12(15)14-8-7-13;/h3-6,10H,7-8,13H2,1-2H3,(H,14,15);1H. The zero-order valence-corrected chi connectivity index (χ0v) is 10.9. The van der Waals surface area contributed by atoms with Crippen LogP contribution in [0.2, 0.25) is 0 Å². The van der Waals surface area contributed by atoms with Crippen LogP contribution in [0.1, 0.15) is 12.5 Å². The molecule has 0 saturated heterocycles. The highest BCUT2D eigenvalue weighted by Crippen LogP contribution is 2.13. The van der Waals surface area contributed by atoms with E-state index in [0.717, 1.165) is 5.56 Å². The van der Waals surface area contributed by atoms with Gasteiger partial charge in [0.1, 0.15) is 5.75 Å². The molecule has 5 heteroatoms. The molecule has 0 aromatic heterocycles. The van der Waals surface area contributed by atoms with Gasteiger partial charge in [0, 0.05) is 13.1 Å². The number of amides is 1. The van der Waals surface area contributed by atoms with Crippen molar-refractivity contribution in [3.8, 4) is 5.75 Å². The minimum Gasteiger partial charge on any atom is -0.481 e. The number of nitrogens with two attached hydrogens (primary N) is 1. The molecule has 4 nitrogen and oxygen atoms in total. The Bertz CT molecular complexity index is 341. The molecule has 0 saturated carbocycles. The van der Waals surface area contributed by atoms with Crippen LogP contribution in [0.15, 0.2) is 24.3 Å². The summed E-state index contributed by atoms with van der Waals surface area (Å²) in [6.07, 6.45) is -0.505. The lowest BCUT2D eigenvalue weighted by Crippen LogP contribution is -2.38. The van der Waals surface area contributed by atoms with Crippen LogP contribution in [0.4, 0.5) is 0 Å². The first-order chi connectivity index (χ1) is 7.63. The van der Waals surface area contributed by atoms with Gasteiger partial charge in [-0.3, -0.25) is 4.79 Å². The van der Waals surface area contributed by atoms with Gasteiger partial charge < -0.3 is 15.8 Å². The van der Waals surface area contributed by atoms with Gasteiger partial charge in [-0.25, -0.2) is 0 Å². The van der Waals surface area contributed by atoms with Crippen molar-refractivity contribution in [2.24, 2.45) is 5.73 Å². The molecule has 1 aromatic rings. The van der Waals surface area contributed by atoms with Crippen molar-refractivity contribution in [2.75, 3.05) is 13.1 Å². The fraction of sp³-hybridized carbons (Fsp3) is 0.417. The highest BCUT2D eigenvalue weighted by molar-refractivity contribution is 5.85. The third-order valence-corrected chi connectivity index (χ3v) is 2.15. The monoisotopic (exact) mass is 258 g/mol. The Morgan fingerprint density at radius 3 is 2.53 bits per heavy atom. The Kier molecular flexibility index (Phi) is 7.34. The van der Waals surface area contributed by atoms with Crippen LogP contribution >= 0.6 is 12.4 Å². The highest BCUT2D eigenvalue weighted by Gasteiger charge is 2.13. The largest absolute Gasteiger partial charge is 0.481 e. The number of rotatable bonds is 5. The normalized spacial score (nSPS) is 11.2. The van der Waals surface area contributed by atoms with Gasteiger partial charge in [-0.2, -0.15) is 0 Å². The van der Waals surface area contributed by atoms with Crippen LogP contribution in [-0.4, -0.2) is 25.1 Å². The summed E-state index contributed by atoms with van der Waals surface area (Å²) in [5.74, 6) is 0.548. The second kappa shape index (κ2) is 7.92. The van der Waals surface area contributed by atoms with Gasteiger partial charge in [-0.05, 0) is 26.0 Å². The van der Waals surface area contributed by atoms with Gasteiger partial charge in [0.2, 0.25) is 0 Å². The summed E-state index contributed by atoms with van der Waals surface area (Å²) in [5, 5.41) is 2.67. The van der Waals surface area contributed by atoms with E-state index >= 15 is 0 Å². The van der Waals surface area contributed by atoms with Crippen molar-refractivity contribution in [3.05, 3.63) is 29.8 Å². The third-order valence-electron chi connectivity index (χ3n) is 2.15. The zero-order valence-electron chi connectivity index (χ0n) is 10.1. The second-order valence-electron chi connectivity index (χ2n) is 3.65. The number of benzene rings is 1. The first-order valence-corrected chi connectivity index (χ1v) is 5.34. The number of hydrogen-bond acceptors (Lipinski definition) is 3. The van der Waals surface area contributed by atoms with Crippen LogP contribution in [0.3, 0.4) is 0 Å². The molecule has 0 aliphatic carbocycles. The van der Waals surface area contributed by atoms with Gasteiger partial charge in [0.25, 0.3) is 5.91 Å². The summed E-state index contributed by atoms with van der Waals surface area (Å²) in [7, 11) is 0. The maximum Gasteiger partial charge on any atom is 0.260 e. The Morgan fingerprint density at radius 2 is 2.00 bits per heavy atom. The second-order valence-corrected chi connectivity index (χ2v) is 3.65. The molecule has 1 unspecified atom stereocenters. The molecule has 1 rings (SSSR count). The average Bonchev–Trinajstić information content (AvgIpc) is 2.29. The molecule has 0 aliphatic rings. The molecule has 96 valence electrons. The van der Waals surface area contributed by atoms with E-state index in [-0.39, 0.29) is 18.3 Å². The molecule has 1 atom stereocenters. The number of aryl methyl sites for hydroxylation is 1. The fourth-order valence-electron chi connectivity index (χ4n) is 1.21. The SMILES string of the molecule is Cc1ccc(OC(C)C(=O)NCCN)cc1.Cl. The summed E-state index contributed by atoms with van der Waals surface area (Å²) in [6, 6.07) is 7.59. The van der Waals surface area contributed by atoms with E-state index in [0.29, 0.717) is 18.8 Å². The van der Waals surface area contributed by atoms with E-state index in [1.54, 1.807) is 6.92 Å². The van der Waals surface area contributed by atoms with Gasteiger partial charge in [-0.1, -0.05) is 17.7 Å². The van der Waals surface area contributed by atoms with E-state index in [1.807, 2.05) is 31.2 Å². The average molecular weight is 259 g/mol. The molecule has 0 radical (unpaired) electrons. The summed E-state index contributed by atoms with van der Waals surface area (Å²) < 4.78 is 5.48. The topological polar surface area (TPSA) is 64.3 Å².